The predicted octanol–water partition coefficient (Wildman–Crippen LogP) is 4.99. The molecule has 0 spiro atoms. The van der Waals surface area contributed by atoms with Crippen molar-refractivity contribution in [2.24, 2.45) is 0 Å². The molecule has 0 N–H and O–H groups in total. The molecule has 2 aliphatic heterocycles. The number of thioether (sulfide) groups is 1. The van der Waals surface area contributed by atoms with Crippen molar-refractivity contribution in [3.8, 4) is 11.4 Å². The molecule has 0 amide bonds. The van der Waals surface area contributed by atoms with Crippen molar-refractivity contribution >= 4 is 23.1 Å². The van der Waals surface area contributed by atoms with E-state index in [1.54, 1.807) is 18.9 Å². The third-order valence-electron chi connectivity index (χ3n) is 6.30. The van der Waals surface area contributed by atoms with Crippen molar-refractivity contribution in [1.29, 1.82) is 0 Å². The molecule has 2 aromatic heterocycles. The zero-order valence-corrected chi connectivity index (χ0v) is 20.1. The largest absolute Gasteiger partial charge is 0.497 e. The number of likely N-dealkylation sites (tertiary alicyclic amines) is 1. The molecule has 0 aliphatic carbocycles. The van der Waals surface area contributed by atoms with Crippen molar-refractivity contribution < 1.29 is 9.47 Å². The fraction of sp³-hybridized carbons (Fsp3) is 0.500. The van der Waals surface area contributed by atoms with Crippen LogP contribution in [0.5, 0.6) is 5.75 Å². The van der Waals surface area contributed by atoms with Gasteiger partial charge in [0.15, 0.2) is 5.16 Å². The molecule has 1 aromatic carbocycles. The van der Waals surface area contributed by atoms with E-state index in [9.17, 15) is 0 Å². The van der Waals surface area contributed by atoms with Crippen LogP contribution in [0.25, 0.3) is 5.69 Å². The lowest BCUT2D eigenvalue weighted by atomic mass is 9.95. The van der Waals surface area contributed by atoms with Gasteiger partial charge in [-0.05, 0) is 62.4 Å². The highest BCUT2D eigenvalue weighted by atomic mass is 32.2. The molecule has 0 bridgehead atoms. The molecule has 32 heavy (non-hydrogen) atoms. The van der Waals surface area contributed by atoms with Gasteiger partial charge in [0.25, 0.3) is 0 Å². The van der Waals surface area contributed by atoms with E-state index in [1.165, 1.54) is 4.88 Å². The average molecular weight is 471 g/mol. The van der Waals surface area contributed by atoms with Crippen LogP contribution in [0.15, 0.2) is 46.9 Å². The van der Waals surface area contributed by atoms with Gasteiger partial charge in [0.05, 0.1) is 18.9 Å². The lowest BCUT2D eigenvalue weighted by Crippen LogP contribution is -2.33. The van der Waals surface area contributed by atoms with E-state index in [-0.39, 0.29) is 0 Å². The van der Waals surface area contributed by atoms with Crippen LogP contribution >= 0.6 is 23.1 Å². The van der Waals surface area contributed by atoms with Gasteiger partial charge in [0.2, 0.25) is 0 Å². The number of aromatic nitrogens is 3. The Bertz CT molecular complexity index is 993. The molecular weight excluding hydrogens is 440 g/mol. The van der Waals surface area contributed by atoms with Gasteiger partial charge in [0, 0.05) is 35.8 Å². The Morgan fingerprint density at radius 2 is 2.06 bits per heavy atom. The van der Waals surface area contributed by atoms with E-state index in [4.69, 9.17) is 14.6 Å². The maximum atomic E-state index is 5.83. The van der Waals surface area contributed by atoms with Crippen LogP contribution in [0.1, 0.15) is 42.3 Å². The van der Waals surface area contributed by atoms with Crippen LogP contribution in [0, 0.1) is 0 Å². The van der Waals surface area contributed by atoms with E-state index in [2.05, 4.69) is 44.2 Å². The topological polar surface area (TPSA) is 52.4 Å². The van der Waals surface area contributed by atoms with Crippen molar-refractivity contribution in [2.75, 3.05) is 32.6 Å². The highest BCUT2D eigenvalue weighted by Gasteiger charge is 2.28. The highest BCUT2D eigenvalue weighted by Crippen LogP contribution is 2.34. The Balaban J connectivity index is 1.35. The van der Waals surface area contributed by atoms with Crippen molar-refractivity contribution in [2.45, 2.75) is 49.4 Å². The number of rotatable bonds is 8. The average Bonchev–Trinajstić information content (AvgIpc) is 3.60. The summed E-state index contributed by atoms with van der Waals surface area (Å²) in [6, 6.07) is 12.6. The molecule has 2 fully saturated rings. The van der Waals surface area contributed by atoms with E-state index in [1.807, 2.05) is 23.5 Å². The Kier molecular flexibility index (Phi) is 7.12. The number of nitrogens with zero attached hydrogens (tertiary/aromatic N) is 4. The summed E-state index contributed by atoms with van der Waals surface area (Å²) in [7, 11) is 1.71. The number of ether oxygens (including phenoxy) is 2. The number of thiophene rings is 1. The Hall–Kier alpha value is -1.87. The van der Waals surface area contributed by atoms with E-state index in [0.29, 0.717) is 12.0 Å². The first kappa shape index (κ1) is 21.9. The Morgan fingerprint density at radius 3 is 2.81 bits per heavy atom. The number of benzene rings is 1. The van der Waals surface area contributed by atoms with Gasteiger partial charge in [-0.3, -0.25) is 9.47 Å². The molecule has 3 aromatic rings. The third kappa shape index (κ3) is 5.03. The van der Waals surface area contributed by atoms with Crippen molar-refractivity contribution in [3.05, 3.63) is 52.5 Å². The predicted molar refractivity (Wildman–Crippen MR) is 129 cm³/mol. The van der Waals surface area contributed by atoms with Gasteiger partial charge in [-0.25, -0.2) is 0 Å². The Labute approximate surface area is 197 Å². The Morgan fingerprint density at radius 1 is 1.16 bits per heavy atom. The van der Waals surface area contributed by atoms with Gasteiger partial charge >= 0.3 is 0 Å². The summed E-state index contributed by atoms with van der Waals surface area (Å²) in [5, 5.41) is 12.5. The number of methoxy groups -OCH3 is 1. The molecule has 2 aliphatic rings. The quantitative estimate of drug-likeness (QED) is 0.433. The molecule has 0 unspecified atom stereocenters. The second kappa shape index (κ2) is 10.4. The highest BCUT2D eigenvalue weighted by molar-refractivity contribution is 7.99. The minimum atomic E-state index is 0.319. The van der Waals surface area contributed by atoms with Gasteiger partial charge in [-0.1, -0.05) is 23.9 Å². The zero-order valence-electron chi connectivity index (χ0n) is 18.5. The molecule has 6 nitrogen and oxygen atoms in total. The molecule has 170 valence electrons. The summed E-state index contributed by atoms with van der Waals surface area (Å²) < 4.78 is 13.6. The van der Waals surface area contributed by atoms with E-state index < -0.39 is 0 Å². The second-order valence-corrected chi connectivity index (χ2v) is 10.5. The molecule has 4 heterocycles. The summed E-state index contributed by atoms with van der Waals surface area (Å²) in [4.78, 5) is 4.00. The maximum Gasteiger partial charge on any atom is 0.195 e. The third-order valence-corrected chi connectivity index (χ3v) is 8.23. The zero-order chi connectivity index (χ0) is 21.8. The summed E-state index contributed by atoms with van der Waals surface area (Å²) in [6.07, 6.45) is 4.81. The molecular formula is C24H30N4O2S2. The summed E-state index contributed by atoms with van der Waals surface area (Å²) in [5.41, 5.74) is 1.07. The van der Waals surface area contributed by atoms with Crippen LogP contribution in [0.3, 0.4) is 0 Å². The van der Waals surface area contributed by atoms with E-state index >= 15 is 0 Å². The monoisotopic (exact) mass is 470 g/mol. The minimum absolute atomic E-state index is 0.319. The minimum Gasteiger partial charge on any atom is -0.497 e. The molecule has 5 rings (SSSR count). The smallest absolute Gasteiger partial charge is 0.195 e. The first-order valence-electron chi connectivity index (χ1n) is 11.4. The summed E-state index contributed by atoms with van der Waals surface area (Å²) in [6.45, 7) is 4.11. The van der Waals surface area contributed by atoms with Gasteiger partial charge < -0.3 is 9.47 Å². The molecule has 0 radical (unpaired) electrons. The maximum absolute atomic E-state index is 5.83. The molecule has 2 saturated heterocycles. The fourth-order valence-electron chi connectivity index (χ4n) is 4.55. The number of hydrogen-bond acceptors (Lipinski definition) is 7. The lowest BCUT2D eigenvalue weighted by Gasteiger charge is -2.31. The van der Waals surface area contributed by atoms with Crippen molar-refractivity contribution in [1.82, 2.24) is 19.7 Å². The normalized spacial score (nSPS) is 20.1. The fourth-order valence-corrected chi connectivity index (χ4v) is 6.32. The first-order valence-corrected chi connectivity index (χ1v) is 13.3. The second-order valence-electron chi connectivity index (χ2n) is 8.45. The lowest BCUT2D eigenvalue weighted by molar-refractivity contribution is 0.129. The van der Waals surface area contributed by atoms with Crippen LogP contribution in [0.2, 0.25) is 0 Å². The van der Waals surface area contributed by atoms with E-state index in [0.717, 1.165) is 80.1 Å². The molecule has 8 heteroatoms. The summed E-state index contributed by atoms with van der Waals surface area (Å²) in [5.74, 6) is 3.25. The van der Waals surface area contributed by atoms with Crippen LogP contribution in [-0.4, -0.2) is 58.3 Å². The van der Waals surface area contributed by atoms with Crippen LogP contribution in [-0.2, 0) is 11.3 Å². The summed E-state index contributed by atoms with van der Waals surface area (Å²) >= 11 is 3.60. The number of piperidine rings is 1. The SMILES string of the molecule is COc1cccc(-n2c(SC[C@H]3CCCO3)nnc2C2CCN(Cc3cccs3)CC2)c1. The standard InChI is InChI=1S/C24H30N4O2S2/c1-29-20-6-2-5-19(15-20)28-23(25-26-24(28)32-17-21-7-3-13-30-21)18-9-11-27(12-10-18)16-22-8-4-14-31-22/h2,4-6,8,14-15,18,21H,3,7,9-13,16-17H2,1H3/t21-/m1/s1. The van der Waals surface area contributed by atoms with Crippen molar-refractivity contribution in [3.63, 3.8) is 0 Å². The van der Waals surface area contributed by atoms with Gasteiger partial charge in [-0.15, -0.1) is 21.5 Å². The molecule has 0 saturated carbocycles. The molecule has 1 atom stereocenters. The van der Waals surface area contributed by atoms with Gasteiger partial charge in [-0.2, -0.15) is 0 Å². The number of hydrogen-bond donors (Lipinski definition) is 0. The van der Waals surface area contributed by atoms with Crippen LogP contribution in [0.4, 0.5) is 0 Å². The van der Waals surface area contributed by atoms with Gasteiger partial charge in [0.1, 0.15) is 11.6 Å². The van der Waals surface area contributed by atoms with Crippen LogP contribution < -0.4 is 4.74 Å². The first-order chi connectivity index (χ1) is 15.8.